The van der Waals surface area contributed by atoms with Gasteiger partial charge in [0.25, 0.3) is 0 Å². The molecule has 7 heavy (non-hydrogen) atoms. The van der Waals surface area contributed by atoms with Gasteiger partial charge in [-0.1, -0.05) is 34.0 Å². The van der Waals surface area contributed by atoms with Crippen molar-refractivity contribution in [3.63, 3.8) is 0 Å². The number of hydrogen-bond acceptors (Lipinski definition) is 0. The van der Waals surface area contributed by atoms with Crippen LogP contribution >= 0.6 is 0 Å². The molecule has 0 fully saturated rings. The summed E-state index contributed by atoms with van der Waals surface area (Å²) >= 11 is 0. The quantitative estimate of drug-likeness (QED) is 0.441. The van der Waals surface area contributed by atoms with Crippen LogP contribution in [0.15, 0.2) is 0 Å². The third-order valence-electron chi connectivity index (χ3n) is 0.816. The Kier molecular flexibility index (Phi) is 13.6. The predicted octanol–water partition coefficient (Wildman–Crippen LogP) is 2.26. The number of rotatable bonds is 1. The zero-order valence-electron chi connectivity index (χ0n) is 5.86. The lowest BCUT2D eigenvalue weighted by Crippen LogP contribution is -1.77. The first kappa shape index (κ1) is 10.1. The van der Waals surface area contributed by atoms with Crippen molar-refractivity contribution in [3.05, 3.63) is 0 Å². The summed E-state index contributed by atoms with van der Waals surface area (Å²) in [5.74, 6) is 0.884. The summed E-state index contributed by atoms with van der Waals surface area (Å²) in [6.45, 7) is 8.14. The monoisotopic (exact) mass is 98.1 g/mol. The largest absolute Gasteiger partial charge is 0.0999 e. The average molecular weight is 98.0 g/mol. The molecule has 0 N–H and O–H groups in total. The Hall–Kier alpha value is 0.0649. The van der Waals surface area contributed by atoms with Gasteiger partial charge in [-0.25, -0.2) is 0 Å². The highest BCUT2D eigenvalue weighted by molar-refractivity contribution is 6.05. The van der Waals surface area contributed by atoms with Gasteiger partial charge in [-0.05, 0) is 5.92 Å². The van der Waals surface area contributed by atoms with Gasteiger partial charge in [0.2, 0.25) is 0 Å². The van der Waals surface area contributed by atoms with Crippen LogP contribution in [0.2, 0.25) is 6.82 Å². The Morgan fingerprint density at radius 1 is 1.29 bits per heavy atom. The SMILES string of the molecule is CCC(C)C.[B]C. The minimum absolute atomic E-state index is 0.884. The van der Waals surface area contributed by atoms with Crippen molar-refractivity contribution in [1.29, 1.82) is 0 Å². The van der Waals surface area contributed by atoms with Crippen LogP contribution in [0, 0.1) is 5.92 Å². The van der Waals surface area contributed by atoms with Gasteiger partial charge in [0, 0.05) is 0 Å². The normalized spacial score (nSPS) is 7.57. The van der Waals surface area contributed by atoms with Crippen LogP contribution in [0.1, 0.15) is 27.2 Å². The second-order valence-corrected chi connectivity index (χ2v) is 1.80. The van der Waals surface area contributed by atoms with Crippen molar-refractivity contribution in [2.45, 2.75) is 34.0 Å². The van der Waals surface area contributed by atoms with Crippen LogP contribution in [0.4, 0.5) is 0 Å². The van der Waals surface area contributed by atoms with Crippen molar-refractivity contribution < 1.29 is 0 Å². The van der Waals surface area contributed by atoms with Gasteiger partial charge in [-0.2, -0.15) is 0 Å². The van der Waals surface area contributed by atoms with Crippen LogP contribution in [-0.4, -0.2) is 7.85 Å². The second kappa shape index (κ2) is 9.42. The zero-order valence-corrected chi connectivity index (χ0v) is 5.86. The molecule has 0 amide bonds. The third-order valence-corrected chi connectivity index (χ3v) is 0.816. The first-order valence-corrected chi connectivity index (χ1v) is 2.85. The lowest BCUT2D eigenvalue weighted by molar-refractivity contribution is 0.626. The summed E-state index contributed by atoms with van der Waals surface area (Å²) in [5, 5.41) is 0. The van der Waals surface area contributed by atoms with E-state index in [4.69, 9.17) is 0 Å². The first-order valence-electron chi connectivity index (χ1n) is 2.85. The van der Waals surface area contributed by atoms with Crippen molar-refractivity contribution in [2.75, 3.05) is 0 Å². The van der Waals surface area contributed by atoms with Crippen LogP contribution in [0.3, 0.4) is 0 Å². The van der Waals surface area contributed by atoms with E-state index in [0.717, 1.165) is 5.92 Å². The highest BCUT2D eigenvalue weighted by atomic mass is 13.9. The summed E-state index contributed by atoms with van der Waals surface area (Å²) in [5.41, 5.74) is 0. The van der Waals surface area contributed by atoms with Crippen molar-refractivity contribution in [1.82, 2.24) is 0 Å². The lowest BCUT2D eigenvalue weighted by Gasteiger charge is -1.90. The molecule has 2 radical (unpaired) electrons. The first-order chi connectivity index (χ1) is 3.27. The molecule has 0 bridgehead atoms. The minimum Gasteiger partial charge on any atom is -0.0999 e. The smallest absolute Gasteiger partial charge is 0.0606 e. The standard InChI is InChI=1S/C5H12.CH3B/c1-4-5(2)3;1-2/h5H,4H2,1-3H3;1H3. The van der Waals surface area contributed by atoms with E-state index >= 15 is 0 Å². The Bertz CT molecular complexity index is 18.1. The molecule has 0 unspecified atom stereocenters. The van der Waals surface area contributed by atoms with E-state index in [2.05, 4.69) is 28.6 Å². The Morgan fingerprint density at radius 2 is 1.43 bits per heavy atom. The molecule has 0 saturated heterocycles. The fourth-order valence-electron chi connectivity index (χ4n) is 0. The lowest BCUT2D eigenvalue weighted by atomic mass is 10.2. The van der Waals surface area contributed by atoms with E-state index in [1.807, 2.05) is 0 Å². The minimum atomic E-state index is 0.884. The average Bonchev–Trinajstić information content (AvgIpc) is 1.73. The summed E-state index contributed by atoms with van der Waals surface area (Å²) < 4.78 is 0. The van der Waals surface area contributed by atoms with Crippen LogP contribution < -0.4 is 0 Å². The highest BCUT2D eigenvalue weighted by Gasteiger charge is 1.80. The molecule has 0 aromatic rings. The predicted molar refractivity (Wildman–Crippen MR) is 36.7 cm³/mol. The molecule has 0 heterocycles. The summed E-state index contributed by atoms with van der Waals surface area (Å²) in [4.78, 5) is 0. The summed E-state index contributed by atoms with van der Waals surface area (Å²) in [6.07, 6.45) is 1.31. The van der Waals surface area contributed by atoms with Gasteiger partial charge in [0.15, 0.2) is 0 Å². The maximum Gasteiger partial charge on any atom is 0.0606 e. The molecular formula is C6H15B. The molecular weight excluding hydrogens is 82.9 g/mol. The van der Waals surface area contributed by atoms with E-state index in [-0.39, 0.29) is 0 Å². The molecule has 0 rings (SSSR count). The van der Waals surface area contributed by atoms with Crippen LogP contribution in [0.25, 0.3) is 0 Å². The van der Waals surface area contributed by atoms with Gasteiger partial charge < -0.3 is 0 Å². The highest BCUT2D eigenvalue weighted by Crippen LogP contribution is 1.93. The summed E-state index contributed by atoms with van der Waals surface area (Å²) in [6, 6.07) is 0. The molecule has 1 heteroatoms. The molecule has 0 atom stereocenters. The Balaban J connectivity index is 0. The summed E-state index contributed by atoms with van der Waals surface area (Å²) in [7, 11) is 4.50. The molecule has 0 aromatic carbocycles. The Morgan fingerprint density at radius 3 is 1.43 bits per heavy atom. The van der Waals surface area contributed by atoms with Crippen LogP contribution in [-0.2, 0) is 0 Å². The maximum atomic E-state index is 4.50. The van der Waals surface area contributed by atoms with E-state index in [9.17, 15) is 0 Å². The van der Waals surface area contributed by atoms with Gasteiger partial charge in [0.05, 0.1) is 7.85 Å². The van der Waals surface area contributed by atoms with Gasteiger partial charge >= 0.3 is 0 Å². The van der Waals surface area contributed by atoms with Crippen molar-refractivity contribution in [2.24, 2.45) is 5.92 Å². The second-order valence-electron chi connectivity index (χ2n) is 1.80. The molecule has 0 spiro atoms. The molecule has 0 saturated carbocycles. The van der Waals surface area contributed by atoms with Crippen LogP contribution in [0.5, 0.6) is 0 Å². The molecule has 0 nitrogen and oxygen atoms in total. The molecule has 0 aliphatic heterocycles. The molecule has 42 valence electrons. The van der Waals surface area contributed by atoms with E-state index in [1.165, 1.54) is 13.2 Å². The van der Waals surface area contributed by atoms with E-state index < -0.39 is 0 Å². The fraction of sp³-hybridized carbons (Fsp3) is 1.00. The molecule has 0 aliphatic rings. The van der Waals surface area contributed by atoms with Gasteiger partial charge in [-0.15, -0.1) is 0 Å². The van der Waals surface area contributed by atoms with Gasteiger partial charge in [0.1, 0.15) is 0 Å². The zero-order chi connectivity index (χ0) is 6.28. The molecule has 0 aliphatic carbocycles. The maximum absolute atomic E-state index is 4.50. The Labute approximate surface area is 48.7 Å². The van der Waals surface area contributed by atoms with E-state index in [1.54, 1.807) is 0 Å². The van der Waals surface area contributed by atoms with E-state index in [0.29, 0.717) is 0 Å². The van der Waals surface area contributed by atoms with Gasteiger partial charge in [-0.3, -0.25) is 0 Å². The third kappa shape index (κ3) is 23.5. The van der Waals surface area contributed by atoms with Crippen molar-refractivity contribution >= 4 is 7.85 Å². The molecule has 0 aromatic heterocycles. The number of hydrogen-bond donors (Lipinski definition) is 0. The topological polar surface area (TPSA) is 0 Å². The fourth-order valence-corrected chi connectivity index (χ4v) is 0. The van der Waals surface area contributed by atoms with Crippen molar-refractivity contribution in [3.8, 4) is 0 Å².